The second-order valence-corrected chi connectivity index (χ2v) is 6.20. The lowest BCUT2D eigenvalue weighted by Gasteiger charge is -2.21. The molecule has 0 bridgehead atoms. The Morgan fingerprint density at radius 3 is 2.56 bits per heavy atom. The molecule has 0 aliphatic rings. The van der Waals surface area contributed by atoms with Crippen LogP contribution in [0.25, 0.3) is 0 Å². The van der Waals surface area contributed by atoms with Gasteiger partial charge in [0.1, 0.15) is 0 Å². The lowest BCUT2D eigenvalue weighted by molar-refractivity contribution is 0.153. The molecule has 0 radical (unpaired) electrons. The first kappa shape index (κ1) is 13.6. The van der Waals surface area contributed by atoms with E-state index in [4.69, 9.17) is 5.11 Å². The van der Waals surface area contributed by atoms with Crippen molar-refractivity contribution in [1.82, 2.24) is 9.88 Å². The van der Waals surface area contributed by atoms with E-state index in [-0.39, 0.29) is 18.1 Å². The minimum atomic E-state index is 0.129. The molecule has 92 valence electrons. The van der Waals surface area contributed by atoms with Crippen molar-refractivity contribution in [2.45, 2.75) is 45.7 Å². The minimum absolute atomic E-state index is 0.129. The maximum Gasteiger partial charge on any atom is 0.0982 e. The Hall–Kier alpha value is -0.450. The molecular formula is C12H22N2OS. The largest absolute Gasteiger partial charge is 0.395 e. The number of likely N-dealkylation sites (N-methyl/N-ethyl adjacent to an activating group) is 1. The maximum atomic E-state index is 9.06. The van der Waals surface area contributed by atoms with Crippen molar-refractivity contribution in [3.05, 3.63) is 16.1 Å². The molecule has 0 saturated heterocycles. The van der Waals surface area contributed by atoms with Crippen LogP contribution in [0.4, 0.5) is 0 Å². The number of hydrogen-bond donors (Lipinski definition) is 1. The van der Waals surface area contributed by atoms with Gasteiger partial charge in [-0.2, -0.15) is 0 Å². The van der Waals surface area contributed by atoms with Crippen LogP contribution in [0.15, 0.2) is 5.38 Å². The lowest BCUT2D eigenvalue weighted by Crippen LogP contribution is -2.31. The highest BCUT2D eigenvalue weighted by Gasteiger charge is 2.18. The standard InChI is InChI=1S/C12H22N2OS/c1-9(7-15)14(5)6-10-8-16-11(13-10)12(2,3)4/h8-9,15H,6-7H2,1-5H3. The van der Waals surface area contributed by atoms with Crippen LogP contribution >= 0.6 is 11.3 Å². The summed E-state index contributed by atoms with van der Waals surface area (Å²) in [6, 6.07) is 0.180. The fraction of sp³-hybridized carbons (Fsp3) is 0.750. The Labute approximate surface area is 102 Å². The van der Waals surface area contributed by atoms with E-state index < -0.39 is 0 Å². The minimum Gasteiger partial charge on any atom is -0.395 e. The molecule has 0 aliphatic carbocycles. The predicted octanol–water partition coefficient (Wildman–Crippen LogP) is 2.25. The van der Waals surface area contributed by atoms with Crippen LogP contribution in [-0.2, 0) is 12.0 Å². The van der Waals surface area contributed by atoms with E-state index in [1.807, 2.05) is 14.0 Å². The van der Waals surface area contributed by atoms with Gasteiger partial charge in [0.05, 0.1) is 17.3 Å². The summed E-state index contributed by atoms with van der Waals surface area (Å²) in [7, 11) is 2.01. The van der Waals surface area contributed by atoms with Gasteiger partial charge in [0, 0.05) is 23.4 Å². The molecule has 0 amide bonds. The molecule has 1 aromatic heterocycles. The predicted molar refractivity (Wildman–Crippen MR) is 68.8 cm³/mol. The summed E-state index contributed by atoms with van der Waals surface area (Å²) in [5, 5.41) is 12.3. The van der Waals surface area contributed by atoms with Crippen molar-refractivity contribution in [2.24, 2.45) is 0 Å². The van der Waals surface area contributed by atoms with Gasteiger partial charge in [-0.25, -0.2) is 4.98 Å². The highest BCUT2D eigenvalue weighted by atomic mass is 32.1. The smallest absolute Gasteiger partial charge is 0.0982 e. The molecule has 0 saturated carbocycles. The first-order valence-corrected chi connectivity index (χ1v) is 6.48. The van der Waals surface area contributed by atoms with E-state index in [1.54, 1.807) is 11.3 Å². The van der Waals surface area contributed by atoms with Crippen LogP contribution in [-0.4, -0.2) is 34.7 Å². The molecule has 0 fully saturated rings. The fourth-order valence-corrected chi connectivity index (χ4v) is 2.17. The van der Waals surface area contributed by atoms with Crippen molar-refractivity contribution in [3.63, 3.8) is 0 Å². The molecule has 1 heterocycles. The van der Waals surface area contributed by atoms with Gasteiger partial charge in [-0.05, 0) is 14.0 Å². The number of aliphatic hydroxyl groups is 1. The van der Waals surface area contributed by atoms with E-state index >= 15 is 0 Å². The van der Waals surface area contributed by atoms with Crippen molar-refractivity contribution < 1.29 is 5.11 Å². The van der Waals surface area contributed by atoms with Gasteiger partial charge >= 0.3 is 0 Å². The molecule has 1 aromatic rings. The summed E-state index contributed by atoms with van der Waals surface area (Å²) in [6.45, 7) is 9.53. The van der Waals surface area contributed by atoms with Gasteiger partial charge in [0.25, 0.3) is 0 Å². The Kier molecular flexibility index (Phi) is 4.47. The molecule has 1 unspecified atom stereocenters. The van der Waals surface area contributed by atoms with Crippen molar-refractivity contribution in [1.29, 1.82) is 0 Å². The van der Waals surface area contributed by atoms with Crippen LogP contribution in [0.2, 0.25) is 0 Å². The summed E-state index contributed by atoms with van der Waals surface area (Å²) in [6.07, 6.45) is 0. The molecule has 3 nitrogen and oxygen atoms in total. The Balaban J connectivity index is 2.66. The zero-order chi connectivity index (χ0) is 12.3. The Bertz CT molecular complexity index is 330. The Morgan fingerprint density at radius 1 is 1.50 bits per heavy atom. The molecule has 1 N–H and O–H groups in total. The van der Waals surface area contributed by atoms with E-state index in [9.17, 15) is 0 Å². The average Bonchev–Trinajstić information content (AvgIpc) is 2.64. The second kappa shape index (κ2) is 5.25. The molecule has 0 spiro atoms. The van der Waals surface area contributed by atoms with Crippen LogP contribution in [0, 0.1) is 0 Å². The van der Waals surface area contributed by atoms with Gasteiger partial charge in [-0.15, -0.1) is 11.3 Å². The summed E-state index contributed by atoms with van der Waals surface area (Å²) in [5.41, 5.74) is 1.22. The van der Waals surface area contributed by atoms with Gasteiger partial charge in [-0.3, -0.25) is 4.90 Å². The third-order valence-electron chi connectivity index (χ3n) is 2.62. The van der Waals surface area contributed by atoms with Crippen molar-refractivity contribution in [2.75, 3.05) is 13.7 Å². The summed E-state index contributed by atoms with van der Waals surface area (Å²) < 4.78 is 0. The van der Waals surface area contributed by atoms with Gasteiger partial charge in [-0.1, -0.05) is 20.8 Å². The third kappa shape index (κ3) is 3.54. The first-order chi connectivity index (χ1) is 7.34. The number of nitrogens with zero attached hydrogens (tertiary/aromatic N) is 2. The van der Waals surface area contributed by atoms with Gasteiger partial charge < -0.3 is 5.11 Å². The molecule has 16 heavy (non-hydrogen) atoms. The van der Waals surface area contributed by atoms with Crippen LogP contribution in [0.3, 0.4) is 0 Å². The van der Waals surface area contributed by atoms with Gasteiger partial charge in [0.2, 0.25) is 0 Å². The van der Waals surface area contributed by atoms with Crippen LogP contribution in [0.1, 0.15) is 38.4 Å². The zero-order valence-electron chi connectivity index (χ0n) is 10.8. The number of rotatable bonds is 4. The lowest BCUT2D eigenvalue weighted by atomic mass is 9.98. The number of aromatic nitrogens is 1. The molecule has 4 heteroatoms. The number of hydrogen-bond acceptors (Lipinski definition) is 4. The molecule has 0 aliphatic heterocycles. The zero-order valence-corrected chi connectivity index (χ0v) is 11.6. The topological polar surface area (TPSA) is 36.4 Å². The summed E-state index contributed by atoms with van der Waals surface area (Å²) in [5.74, 6) is 0. The van der Waals surface area contributed by atoms with E-state index in [2.05, 4.69) is 36.0 Å². The molecular weight excluding hydrogens is 220 g/mol. The molecule has 0 aromatic carbocycles. The molecule has 1 rings (SSSR count). The average molecular weight is 242 g/mol. The summed E-state index contributed by atoms with van der Waals surface area (Å²) >= 11 is 1.72. The van der Waals surface area contributed by atoms with Crippen molar-refractivity contribution in [3.8, 4) is 0 Å². The van der Waals surface area contributed by atoms with E-state index in [0.717, 1.165) is 12.2 Å². The highest BCUT2D eigenvalue weighted by molar-refractivity contribution is 7.09. The molecule has 1 atom stereocenters. The van der Waals surface area contributed by atoms with Crippen molar-refractivity contribution >= 4 is 11.3 Å². The second-order valence-electron chi connectivity index (χ2n) is 5.34. The maximum absolute atomic E-state index is 9.06. The third-order valence-corrected chi connectivity index (χ3v) is 3.94. The fourth-order valence-electron chi connectivity index (χ4n) is 1.27. The monoisotopic (exact) mass is 242 g/mol. The van der Waals surface area contributed by atoms with E-state index in [0.29, 0.717) is 0 Å². The SMILES string of the molecule is CC(CO)N(C)Cc1csc(C(C)(C)C)n1. The van der Waals surface area contributed by atoms with E-state index in [1.165, 1.54) is 5.01 Å². The van der Waals surface area contributed by atoms with Crippen LogP contribution in [0.5, 0.6) is 0 Å². The Morgan fingerprint density at radius 2 is 2.12 bits per heavy atom. The number of aliphatic hydroxyl groups excluding tert-OH is 1. The van der Waals surface area contributed by atoms with Gasteiger partial charge in [0.15, 0.2) is 0 Å². The first-order valence-electron chi connectivity index (χ1n) is 5.60. The van der Waals surface area contributed by atoms with Crippen LogP contribution < -0.4 is 0 Å². The normalized spacial score (nSPS) is 14.4. The highest BCUT2D eigenvalue weighted by Crippen LogP contribution is 2.25. The summed E-state index contributed by atoms with van der Waals surface area (Å²) in [4.78, 5) is 6.75. The number of thiazole rings is 1. The quantitative estimate of drug-likeness (QED) is 0.880.